The summed E-state index contributed by atoms with van der Waals surface area (Å²) in [7, 11) is 3.08. The number of ether oxygens (including phenoxy) is 1. The van der Waals surface area contributed by atoms with E-state index in [4.69, 9.17) is 9.57 Å². The molecule has 0 fully saturated rings. The molecule has 3 heterocycles. The molecule has 0 spiro atoms. The van der Waals surface area contributed by atoms with E-state index in [0.717, 1.165) is 10.5 Å². The summed E-state index contributed by atoms with van der Waals surface area (Å²) in [6, 6.07) is 4.62. The number of hydrogen-bond donors (Lipinski definition) is 1. The predicted octanol–water partition coefficient (Wildman–Crippen LogP) is 1.37. The van der Waals surface area contributed by atoms with Crippen LogP contribution in [0.2, 0.25) is 0 Å². The van der Waals surface area contributed by atoms with Crippen molar-refractivity contribution in [3.05, 3.63) is 46.9 Å². The van der Waals surface area contributed by atoms with Crippen LogP contribution in [0.15, 0.2) is 40.7 Å². The van der Waals surface area contributed by atoms with E-state index in [1.807, 2.05) is 0 Å². The topological polar surface area (TPSA) is 108 Å². The molecule has 2 aromatic heterocycles. The number of nitrogens with one attached hydrogen (secondary N) is 1. The summed E-state index contributed by atoms with van der Waals surface area (Å²) in [5.74, 6) is 1.50. The molecule has 0 radical (unpaired) electrons. The minimum atomic E-state index is -0.115. The molecule has 1 N–H and O–H groups in total. The van der Waals surface area contributed by atoms with Gasteiger partial charge in [0.1, 0.15) is 24.0 Å². The Morgan fingerprint density at radius 3 is 2.92 bits per heavy atom. The van der Waals surface area contributed by atoms with Gasteiger partial charge < -0.3 is 14.6 Å². The van der Waals surface area contributed by atoms with Gasteiger partial charge in [0, 0.05) is 6.07 Å². The summed E-state index contributed by atoms with van der Waals surface area (Å²) in [5, 5.41) is 0.744. The maximum absolute atomic E-state index is 11.7. The van der Waals surface area contributed by atoms with Gasteiger partial charge in [0.15, 0.2) is 16.9 Å². The lowest BCUT2D eigenvalue weighted by Crippen LogP contribution is -2.19. The van der Waals surface area contributed by atoms with E-state index >= 15 is 0 Å². The molecule has 26 heavy (non-hydrogen) atoms. The zero-order chi connectivity index (χ0) is 18.1. The molecule has 0 saturated heterocycles. The predicted molar refractivity (Wildman–Crippen MR) is 95.4 cm³/mol. The van der Waals surface area contributed by atoms with Crippen LogP contribution in [-0.2, 0) is 5.75 Å². The Morgan fingerprint density at radius 1 is 1.23 bits per heavy atom. The average molecular weight is 370 g/mol. The van der Waals surface area contributed by atoms with E-state index < -0.39 is 0 Å². The second-order valence-corrected chi connectivity index (χ2v) is 6.23. The fraction of sp³-hybridized carbons (Fsp3) is 0.188. The Kier molecular flexibility index (Phi) is 4.17. The van der Waals surface area contributed by atoms with E-state index in [-0.39, 0.29) is 5.43 Å². The minimum absolute atomic E-state index is 0.115. The Labute approximate surface area is 151 Å². The van der Waals surface area contributed by atoms with Gasteiger partial charge in [0.25, 0.3) is 0 Å². The highest BCUT2D eigenvalue weighted by molar-refractivity contribution is 7.98. The van der Waals surface area contributed by atoms with Crippen molar-refractivity contribution in [1.82, 2.24) is 29.7 Å². The summed E-state index contributed by atoms with van der Waals surface area (Å²) < 4.78 is 6.99. The van der Waals surface area contributed by atoms with Crippen molar-refractivity contribution in [1.29, 1.82) is 0 Å². The molecule has 0 saturated carbocycles. The SMILES string of the molecule is COc1c2ccc(=O)cc-2nc(CSc2ncnc3nc[nH]c23)n1OC. The molecule has 0 aromatic carbocycles. The fourth-order valence-electron chi connectivity index (χ4n) is 2.65. The zero-order valence-corrected chi connectivity index (χ0v) is 14.8. The van der Waals surface area contributed by atoms with Gasteiger partial charge in [-0.1, -0.05) is 11.8 Å². The third-order valence-electron chi connectivity index (χ3n) is 3.77. The maximum atomic E-state index is 11.7. The Hall–Kier alpha value is -3.14. The number of benzene rings is 1. The first-order valence-corrected chi connectivity index (χ1v) is 8.61. The normalized spacial score (nSPS) is 11.2. The Balaban J connectivity index is 1.77. The van der Waals surface area contributed by atoms with E-state index in [1.54, 1.807) is 19.5 Å². The highest BCUT2D eigenvalue weighted by Crippen LogP contribution is 2.32. The van der Waals surface area contributed by atoms with Gasteiger partial charge in [-0.15, -0.1) is 4.73 Å². The lowest BCUT2D eigenvalue weighted by Gasteiger charge is -2.19. The Bertz CT molecular complexity index is 1110. The van der Waals surface area contributed by atoms with Gasteiger partial charge >= 0.3 is 0 Å². The van der Waals surface area contributed by atoms with Crippen LogP contribution >= 0.6 is 11.8 Å². The first kappa shape index (κ1) is 16.3. The molecule has 0 unspecified atom stereocenters. The lowest BCUT2D eigenvalue weighted by atomic mass is 10.1. The van der Waals surface area contributed by atoms with Gasteiger partial charge in [0.05, 0.1) is 30.4 Å². The first-order chi connectivity index (χ1) is 12.7. The number of methoxy groups -OCH3 is 1. The maximum Gasteiger partial charge on any atom is 0.238 e. The summed E-state index contributed by atoms with van der Waals surface area (Å²) in [5.41, 5.74) is 2.49. The molecule has 9 nitrogen and oxygen atoms in total. The van der Waals surface area contributed by atoms with Crippen LogP contribution in [0.5, 0.6) is 5.88 Å². The molecule has 4 rings (SSSR count). The van der Waals surface area contributed by atoms with Crippen LogP contribution < -0.4 is 15.0 Å². The number of nitrogens with zero attached hydrogens (tertiary/aromatic N) is 5. The molecule has 132 valence electrons. The number of rotatable bonds is 5. The second-order valence-electron chi connectivity index (χ2n) is 5.26. The summed E-state index contributed by atoms with van der Waals surface area (Å²) in [6.45, 7) is 0. The van der Waals surface area contributed by atoms with Crippen LogP contribution in [0, 0.1) is 0 Å². The summed E-state index contributed by atoms with van der Waals surface area (Å²) in [4.78, 5) is 37.3. The Morgan fingerprint density at radius 2 is 2.12 bits per heavy atom. The van der Waals surface area contributed by atoms with Crippen LogP contribution in [0.25, 0.3) is 22.4 Å². The number of hydrogen-bond acceptors (Lipinski definition) is 8. The van der Waals surface area contributed by atoms with Crippen molar-refractivity contribution in [3.8, 4) is 17.1 Å². The third kappa shape index (κ3) is 2.73. The minimum Gasteiger partial charge on any atom is -0.480 e. The molecule has 1 aliphatic heterocycles. The monoisotopic (exact) mass is 370 g/mol. The largest absolute Gasteiger partial charge is 0.480 e. The van der Waals surface area contributed by atoms with Gasteiger partial charge in [-0.05, 0) is 12.1 Å². The van der Waals surface area contributed by atoms with Crippen LogP contribution in [0.3, 0.4) is 0 Å². The third-order valence-corrected chi connectivity index (χ3v) is 4.76. The van der Waals surface area contributed by atoms with Crippen molar-refractivity contribution in [3.63, 3.8) is 0 Å². The van der Waals surface area contributed by atoms with Gasteiger partial charge in [-0.25, -0.2) is 19.9 Å². The van der Waals surface area contributed by atoms with Crippen LogP contribution in [0.1, 0.15) is 5.82 Å². The van der Waals surface area contributed by atoms with Gasteiger partial charge in [0.2, 0.25) is 5.88 Å². The number of imidazole rings is 1. The average Bonchev–Trinajstić information content (AvgIpc) is 3.14. The van der Waals surface area contributed by atoms with Gasteiger partial charge in [-0.2, -0.15) is 0 Å². The standard InChI is InChI=1S/C16H14N6O3S/c1-24-16-10-4-3-9(23)5-11(10)21-12(22(16)25-2)6-26-15-13-14(18-7-17-13)19-8-20-15/h3-5,7-8H,6H2,1-2H3,(H,17,18,19,20). The van der Waals surface area contributed by atoms with Crippen LogP contribution in [-0.4, -0.2) is 43.9 Å². The molecular formula is C16H14N6O3S. The van der Waals surface area contributed by atoms with E-state index in [0.29, 0.717) is 34.4 Å². The fourth-order valence-corrected chi connectivity index (χ4v) is 3.52. The van der Waals surface area contributed by atoms with Crippen molar-refractivity contribution >= 4 is 22.9 Å². The second kappa shape index (κ2) is 6.64. The molecule has 2 aliphatic rings. The molecule has 0 amide bonds. The number of aromatic nitrogens is 6. The zero-order valence-electron chi connectivity index (χ0n) is 14.0. The van der Waals surface area contributed by atoms with Crippen LogP contribution in [0.4, 0.5) is 0 Å². The molecule has 2 aromatic rings. The van der Waals surface area contributed by atoms with E-state index in [1.165, 1.54) is 42.1 Å². The van der Waals surface area contributed by atoms with Crippen molar-refractivity contribution in [2.75, 3.05) is 14.2 Å². The first-order valence-electron chi connectivity index (χ1n) is 7.62. The van der Waals surface area contributed by atoms with Crippen molar-refractivity contribution in [2.45, 2.75) is 10.8 Å². The number of thioether (sulfide) groups is 1. The molecule has 0 atom stereocenters. The highest BCUT2D eigenvalue weighted by atomic mass is 32.2. The smallest absolute Gasteiger partial charge is 0.238 e. The number of H-pyrrole nitrogens is 1. The molecular weight excluding hydrogens is 356 g/mol. The van der Waals surface area contributed by atoms with E-state index in [2.05, 4.69) is 24.9 Å². The molecule has 1 aliphatic carbocycles. The van der Waals surface area contributed by atoms with Crippen molar-refractivity contribution in [2.24, 2.45) is 0 Å². The molecule has 10 heteroatoms. The summed E-state index contributed by atoms with van der Waals surface area (Å²) >= 11 is 1.45. The number of aromatic amines is 1. The summed E-state index contributed by atoms with van der Waals surface area (Å²) in [6.07, 6.45) is 3.04. The quantitative estimate of drug-likeness (QED) is 0.415. The molecule has 0 bridgehead atoms. The number of fused-ring (bicyclic) bond motifs is 2. The highest BCUT2D eigenvalue weighted by Gasteiger charge is 2.20. The van der Waals surface area contributed by atoms with Crippen molar-refractivity contribution < 1.29 is 9.57 Å². The lowest BCUT2D eigenvalue weighted by molar-refractivity contribution is 0.127. The van der Waals surface area contributed by atoms with Gasteiger partial charge in [-0.3, -0.25) is 4.79 Å². The van der Waals surface area contributed by atoms with E-state index in [9.17, 15) is 4.79 Å².